The SMILES string of the molecule is c1csc2cc(-c3ccc(N(c4ccc(-c5ccc6c(c5)oc5ccccc56)cc4)c4ccc(-c5nc6ccccc6s5)cc4)cc3)cc-2c1. The van der Waals surface area contributed by atoms with Gasteiger partial charge in [-0.2, -0.15) is 0 Å². The number of anilines is 3. The molecule has 2 aromatic heterocycles. The lowest BCUT2D eigenvalue weighted by atomic mass is 10.0. The number of hydrogen-bond acceptors (Lipinski definition) is 5. The first-order valence-electron chi connectivity index (χ1n) is 16.6. The van der Waals surface area contributed by atoms with E-state index in [1.807, 2.05) is 18.2 Å². The van der Waals surface area contributed by atoms with Gasteiger partial charge in [0, 0.05) is 38.3 Å². The first kappa shape index (κ1) is 29.0. The lowest BCUT2D eigenvalue weighted by molar-refractivity contribution is 0.669. The summed E-state index contributed by atoms with van der Waals surface area (Å²) in [6.45, 7) is 0. The number of benzene rings is 6. The highest BCUT2D eigenvalue weighted by Crippen LogP contribution is 2.40. The van der Waals surface area contributed by atoms with Crippen molar-refractivity contribution in [3.63, 3.8) is 0 Å². The number of para-hydroxylation sites is 2. The van der Waals surface area contributed by atoms with E-state index in [1.165, 1.54) is 26.3 Å². The van der Waals surface area contributed by atoms with Crippen LogP contribution in [0.15, 0.2) is 174 Å². The van der Waals surface area contributed by atoms with Gasteiger partial charge in [-0.3, -0.25) is 0 Å². The van der Waals surface area contributed by atoms with Crippen molar-refractivity contribution < 1.29 is 4.42 Å². The summed E-state index contributed by atoms with van der Waals surface area (Å²) >= 11 is 3.51. The van der Waals surface area contributed by atoms with Gasteiger partial charge in [0.25, 0.3) is 0 Å². The maximum Gasteiger partial charge on any atom is 0.136 e. The number of rotatable bonds is 6. The molecule has 0 bridgehead atoms. The molecule has 236 valence electrons. The Balaban J connectivity index is 1.02. The smallest absolute Gasteiger partial charge is 0.136 e. The fourth-order valence-electron chi connectivity index (χ4n) is 6.87. The summed E-state index contributed by atoms with van der Waals surface area (Å²) in [7, 11) is 0. The first-order valence-corrected chi connectivity index (χ1v) is 18.3. The molecule has 1 aliphatic heterocycles. The molecule has 6 aromatic carbocycles. The summed E-state index contributed by atoms with van der Waals surface area (Å²) in [5.41, 5.74) is 13.2. The van der Waals surface area contributed by atoms with Crippen LogP contribution in [0.1, 0.15) is 0 Å². The van der Waals surface area contributed by atoms with Gasteiger partial charge in [0.2, 0.25) is 0 Å². The van der Waals surface area contributed by atoms with Crippen LogP contribution in [-0.2, 0) is 0 Å². The number of furan rings is 1. The van der Waals surface area contributed by atoms with Gasteiger partial charge >= 0.3 is 0 Å². The Kier molecular flexibility index (Phi) is 6.86. The van der Waals surface area contributed by atoms with Gasteiger partial charge < -0.3 is 9.32 Å². The van der Waals surface area contributed by atoms with Crippen LogP contribution in [0.25, 0.3) is 75.4 Å². The molecule has 0 radical (unpaired) electrons. The second kappa shape index (κ2) is 11.8. The molecule has 0 spiro atoms. The molecule has 0 unspecified atom stereocenters. The van der Waals surface area contributed by atoms with Gasteiger partial charge in [-0.25, -0.2) is 4.98 Å². The molecule has 3 nitrogen and oxygen atoms in total. The molecular formula is C45H28N2OS2. The van der Waals surface area contributed by atoms with Gasteiger partial charge in [0.05, 0.1) is 10.2 Å². The maximum absolute atomic E-state index is 6.20. The van der Waals surface area contributed by atoms with Crippen LogP contribution < -0.4 is 4.90 Å². The van der Waals surface area contributed by atoms with Crippen LogP contribution in [0.4, 0.5) is 17.1 Å². The molecule has 3 heterocycles. The fourth-order valence-corrected chi connectivity index (χ4v) is 8.60. The van der Waals surface area contributed by atoms with Crippen LogP contribution in [0.2, 0.25) is 0 Å². The Hall–Kier alpha value is -6.01. The number of thiazole rings is 1. The predicted molar refractivity (Wildman–Crippen MR) is 212 cm³/mol. The summed E-state index contributed by atoms with van der Waals surface area (Å²) in [6.07, 6.45) is 0. The Morgan fingerprint density at radius 1 is 0.460 bits per heavy atom. The van der Waals surface area contributed by atoms with Gasteiger partial charge in [-0.1, -0.05) is 72.8 Å². The predicted octanol–water partition coefficient (Wildman–Crippen LogP) is 13.8. The number of hydrogen-bond donors (Lipinski definition) is 0. The average molecular weight is 677 g/mol. The highest BCUT2D eigenvalue weighted by atomic mass is 32.1. The number of fused-ring (bicyclic) bond motifs is 5. The van der Waals surface area contributed by atoms with Crippen molar-refractivity contribution in [2.75, 3.05) is 4.90 Å². The quantitative estimate of drug-likeness (QED) is 0.176. The monoisotopic (exact) mass is 676 g/mol. The number of aromatic nitrogens is 1. The molecule has 0 saturated carbocycles. The molecular weight excluding hydrogens is 649 g/mol. The third-order valence-corrected chi connectivity index (χ3v) is 11.4. The van der Waals surface area contributed by atoms with E-state index in [4.69, 9.17) is 9.40 Å². The molecule has 5 heteroatoms. The molecule has 8 aromatic rings. The van der Waals surface area contributed by atoms with E-state index in [9.17, 15) is 0 Å². The molecule has 0 N–H and O–H groups in total. The lowest BCUT2D eigenvalue weighted by Gasteiger charge is -2.26. The van der Waals surface area contributed by atoms with E-state index in [1.54, 1.807) is 22.7 Å². The zero-order valence-corrected chi connectivity index (χ0v) is 28.4. The van der Waals surface area contributed by atoms with Crippen LogP contribution >= 0.6 is 22.7 Å². The van der Waals surface area contributed by atoms with Crippen molar-refractivity contribution in [1.82, 2.24) is 4.98 Å². The minimum absolute atomic E-state index is 0.904. The molecule has 0 saturated heterocycles. The molecule has 2 aliphatic rings. The lowest BCUT2D eigenvalue weighted by Crippen LogP contribution is -2.09. The Morgan fingerprint density at radius 3 is 1.84 bits per heavy atom. The van der Waals surface area contributed by atoms with Gasteiger partial charge in [-0.05, 0) is 124 Å². The molecule has 1 aliphatic carbocycles. The highest BCUT2D eigenvalue weighted by Gasteiger charge is 2.16. The topological polar surface area (TPSA) is 29.3 Å². The van der Waals surface area contributed by atoms with Crippen LogP contribution in [0.5, 0.6) is 0 Å². The van der Waals surface area contributed by atoms with E-state index in [2.05, 4.69) is 156 Å². The summed E-state index contributed by atoms with van der Waals surface area (Å²) in [5, 5.41) is 5.45. The van der Waals surface area contributed by atoms with Gasteiger partial charge in [0.15, 0.2) is 0 Å². The van der Waals surface area contributed by atoms with E-state index in [0.717, 1.165) is 66.2 Å². The fraction of sp³-hybridized carbons (Fsp3) is 0. The van der Waals surface area contributed by atoms with Crippen LogP contribution in [0, 0.1) is 0 Å². The summed E-state index contributed by atoms with van der Waals surface area (Å²) < 4.78 is 7.40. The minimum atomic E-state index is 0.904. The number of nitrogens with zero attached hydrogens (tertiary/aromatic N) is 2. The second-order valence-corrected chi connectivity index (χ2v) is 14.4. The van der Waals surface area contributed by atoms with Crippen LogP contribution in [-0.4, -0.2) is 4.98 Å². The molecule has 0 atom stereocenters. The van der Waals surface area contributed by atoms with E-state index in [-0.39, 0.29) is 0 Å². The zero-order valence-electron chi connectivity index (χ0n) is 26.8. The highest BCUT2D eigenvalue weighted by molar-refractivity contribution is 7.21. The Morgan fingerprint density at radius 2 is 1.10 bits per heavy atom. The summed E-state index contributed by atoms with van der Waals surface area (Å²) in [4.78, 5) is 8.52. The van der Waals surface area contributed by atoms with Crippen molar-refractivity contribution >= 4 is 71.9 Å². The van der Waals surface area contributed by atoms with Crippen molar-refractivity contribution in [1.29, 1.82) is 0 Å². The maximum atomic E-state index is 6.20. The second-order valence-electron chi connectivity index (χ2n) is 12.4. The van der Waals surface area contributed by atoms with Crippen molar-refractivity contribution in [2.24, 2.45) is 0 Å². The van der Waals surface area contributed by atoms with E-state index in [0.29, 0.717) is 0 Å². The standard InChI is InChI=1S/C45H28N2OS2/c1-3-9-41-38(7-1)39-24-17-32(27-42(39)48-41)29-11-18-35(19-12-29)47(36-20-13-30(14-21-36)34-26-33-6-5-25-49-44(33)28-34)37-22-15-31(16-23-37)45-46-40-8-2-4-10-43(40)50-45/h1-28H. The molecule has 50 heavy (non-hydrogen) atoms. The Bertz CT molecular complexity index is 2640. The zero-order chi connectivity index (χ0) is 33.0. The van der Waals surface area contributed by atoms with Crippen LogP contribution in [0.3, 0.4) is 0 Å². The Labute approximate surface area is 297 Å². The van der Waals surface area contributed by atoms with Crippen molar-refractivity contribution in [3.8, 4) is 43.3 Å². The first-order chi connectivity index (χ1) is 24.7. The third-order valence-electron chi connectivity index (χ3n) is 9.39. The average Bonchev–Trinajstić information content (AvgIpc) is 3.91. The van der Waals surface area contributed by atoms with Crippen molar-refractivity contribution in [2.45, 2.75) is 0 Å². The van der Waals surface area contributed by atoms with Crippen molar-refractivity contribution in [3.05, 3.63) is 169 Å². The minimum Gasteiger partial charge on any atom is -0.456 e. The summed E-state index contributed by atoms with van der Waals surface area (Å²) in [6, 6.07) is 58.4. The summed E-state index contributed by atoms with van der Waals surface area (Å²) in [5.74, 6) is 0. The van der Waals surface area contributed by atoms with E-state index < -0.39 is 0 Å². The van der Waals surface area contributed by atoms with E-state index >= 15 is 0 Å². The molecule has 0 fully saturated rings. The largest absolute Gasteiger partial charge is 0.456 e. The third kappa shape index (κ3) is 5.07. The molecule has 0 amide bonds. The molecule has 10 rings (SSSR count). The van der Waals surface area contributed by atoms with Gasteiger partial charge in [-0.15, -0.1) is 22.7 Å². The van der Waals surface area contributed by atoms with Gasteiger partial charge in [0.1, 0.15) is 16.2 Å². The normalized spacial score (nSPS) is 11.6.